The van der Waals surface area contributed by atoms with Crippen LogP contribution in [0.15, 0.2) is 0 Å². The summed E-state index contributed by atoms with van der Waals surface area (Å²) >= 11 is 0. The fraction of sp³-hybridized carbons (Fsp3) is 1.00. The first kappa shape index (κ1) is 14.3. The zero-order valence-electron chi connectivity index (χ0n) is 13.2. The molecule has 106 valence electrons. The molecule has 1 aliphatic carbocycles. The van der Waals surface area contributed by atoms with Gasteiger partial charge in [0.05, 0.1) is 0 Å². The lowest BCUT2D eigenvalue weighted by molar-refractivity contribution is 0.185. The lowest BCUT2D eigenvalue weighted by Gasteiger charge is -2.31. The minimum atomic E-state index is 0.530. The van der Waals surface area contributed by atoms with Crippen LogP contribution in [0.25, 0.3) is 0 Å². The second kappa shape index (κ2) is 4.79. The number of hydrogen-bond donors (Lipinski definition) is 1. The van der Waals surface area contributed by atoms with E-state index >= 15 is 0 Å². The van der Waals surface area contributed by atoms with E-state index in [1.165, 1.54) is 32.6 Å². The first-order chi connectivity index (χ1) is 8.25. The molecular weight excluding hydrogens is 220 g/mol. The van der Waals surface area contributed by atoms with Crippen molar-refractivity contribution >= 4 is 0 Å². The summed E-state index contributed by atoms with van der Waals surface area (Å²) < 4.78 is 0. The Labute approximate surface area is 114 Å². The molecule has 18 heavy (non-hydrogen) atoms. The van der Waals surface area contributed by atoms with E-state index in [1.54, 1.807) is 0 Å². The third-order valence-electron chi connectivity index (χ3n) is 6.02. The predicted molar refractivity (Wildman–Crippen MR) is 78.7 cm³/mol. The van der Waals surface area contributed by atoms with Gasteiger partial charge in [-0.3, -0.25) is 0 Å². The average Bonchev–Trinajstić information content (AvgIpc) is 2.63. The molecule has 2 heteroatoms. The van der Waals surface area contributed by atoms with E-state index in [2.05, 4.69) is 51.8 Å². The van der Waals surface area contributed by atoms with Crippen LogP contribution in [0.4, 0.5) is 0 Å². The Balaban J connectivity index is 1.92. The van der Waals surface area contributed by atoms with Crippen LogP contribution in [0.3, 0.4) is 0 Å². The normalized spacial score (nSPS) is 37.0. The van der Waals surface area contributed by atoms with E-state index < -0.39 is 0 Å². The second-order valence-electron chi connectivity index (χ2n) is 7.96. The molecule has 1 heterocycles. The lowest BCUT2D eigenvalue weighted by atomic mass is 10.0. The standard InChI is InChI=1S/C16H32N2/c1-12-9-17-13(2)7-8-18(10-12)11-14-15(3,4)16(14,5)6/h12-14,17H,7-11H2,1-6H3. The topological polar surface area (TPSA) is 15.3 Å². The van der Waals surface area contributed by atoms with Gasteiger partial charge < -0.3 is 10.2 Å². The average molecular weight is 252 g/mol. The third kappa shape index (κ3) is 2.60. The summed E-state index contributed by atoms with van der Waals surface area (Å²) in [4.78, 5) is 2.73. The van der Waals surface area contributed by atoms with Crippen molar-refractivity contribution in [1.82, 2.24) is 10.2 Å². The van der Waals surface area contributed by atoms with Gasteiger partial charge in [0.1, 0.15) is 0 Å². The Morgan fingerprint density at radius 1 is 1.11 bits per heavy atom. The minimum absolute atomic E-state index is 0.530. The molecule has 0 aromatic carbocycles. The maximum Gasteiger partial charge on any atom is 0.00510 e. The predicted octanol–water partition coefficient (Wildman–Crippen LogP) is 2.99. The van der Waals surface area contributed by atoms with E-state index in [0.717, 1.165) is 11.8 Å². The highest BCUT2D eigenvalue weighted by atomic mass is 15.2. The van der Waals surface area contributed by atoms with Crippen molar-refractivity contribution in [2.45, 2.75) is 54.0 Å². The fourth-order valence-corrected chi connectivity index (χ4v) is 3.69. The number of hydrogen-bond acceptors (Lipinski definition) is 2. The molecule has 0 bridgehead atoms. The fourth-order valence-electron chi connectivity index (χ4n) is 3.69. The Morgan fingerprint density at radius 2 is 1.72 bits per heavy atom. The highest BCUT2D eigenvalue weighted by molar-refractivity contribution is 5.13. The highest BCUT2D eigenvalue weighted by Gasteiger charge is 2.64. The van der Waals surface area contributed by atoms with Gasteiger partial charge in [0.15, 0.2) is 0 Å². The van der Waals surface area contributed by atoms with Crippen molar-refractivity contribution in [2.24, 2.45) is 22.7 Å². The number of nitrogens with one attached hydrogen (secondary N) is 1. The van der Waals surface area contributed by atoms with Gasteiger partial charge in [-0.2, -0.15) is 0 Å². The molecule has 2 unspecified atom stereocenters. The molecule has 1 N–H and O–H groups in total. The largest absolute Gasteiger partial charge is 0.314 e. The van der Waals surface area contributed by atoms with E-state index in [-0.39, 0.29) is 0 Å². The van der Waals surface area contributed by atoms with Crippen molar-refractivity contribution in [3.63, 3.8) is 0 Å². The van der Waals surface area contributed by atoms with E-state index in [1.807, 2.05) is 0 Å². The van der Waals surface area contributed by atoms with Gasteiger partial charge in [0.25, 0.3) is 0 Å². The summed E-state index contributed by atoms with van der Waals surface area (Å²) in [5.41, 5.74) is 1.06. The van der Waals surface area contributed by atoms with Gasteiger partial charge in [0, 0.05) is 19.1 Å². The van der Waals surface area contributed by atoms with Crippen LogP contribution >= 0.6 is 0 Å². The SMILES string of the molecule is CC1CNC(C)CCN(CC2C(C)(C)C2(C)C)C1. The molecule has 2 fully saturated rings. The van der Waals surface area contributed by atoms with Gasteiger partial charge in [0.2, 0.25) is 0 Å². The smallest absolute Gasteiger partial charge is 0.00510 e. The van der Waals surface area contributed by atoms with Crippen LogP contribution in [-0.4, -0.2) is 37.1 Å². The van der Waals surface area contributed by atoms with Crippen molar-refractivity contribution in [3.8, 4) is 0 Å². The van der Waals surface area contributed by atoms with Gasteiger partial charge in [-0.25, -0.2) is 0 Å². The molecule has 2 aliphatic rings. The molecule has 0 aromatic heterocycles. The highest BCUT2D eigenvalue weighted by Crippen LogP contribution is 2.68. The molecule has 0 radical (unpaired) electrons. The van der Waals surface area contributed by atoms with Gasteiger partial charge in [-0.05, 0) is 49.1 Å². The summed E-state index contributed by atoms with van der Waals surface area (Å²) in [6.45, 7) is 19.5. The molecule has 2 atom stereocenters. The molecule has 1 saturated heterocycles. The third-order valence-corrected chi connectivity index (χ3v) is 6.02. The maximum atomic E-state index is 3.63. The van der Waals surface area contributed by atoms with Crippen LogP contribution in [0, 0.1) is 22.7 Å². The summed E-state index contributed by atoms with van der Waals surface area (Å²) in [6.07, 6.45) is 1.29. The number of rotatable bonds is 2. The molecule has 0 spiro atoms. The zero-order chi connectivity index (χ0) is 13.6. The van der Waals surface area contributed by atoms with Crippen molar-refractivity contribution < 1.29 is 0 Å². The van der Waals surface area contributed by atoms with Crippen molar-refractivity contribution in [2.75, 3.05) is 26.2 Å². The monoisotopic (exact) mass is 252 g/mol. The zero-order valence-corrected chi connectivity index (χ0v) is 13.2. The Kier molecular flexibility index (Phi) is 3.81. The minimum Gasteiger partial charge on any atom is -0.314 e. The van der Waals surface area contributed by atoms with Crippen LogP contribution in [0.2, 0.25) is 0 Å². The van der Waals surface area contributed by atoms with E-state index in [9.17, 15) is 0 Å². The molecule has 0 aromatic rings. The van der Waals surface area contributed by atoms with E-state index in [4.69, 9.17) is 0 Å². The Morgan fingerprint density at radius 3 is 2.28 bits per heavy atom. The summed E-state index contributed by atoms with van der Waals surface area (Å²) in [6, 6.07) is 0.676. The Hall–Kier alpha value is -0.0800. The molecule has 2 rings (SSSR count). The molecular formula is C16H32N2. The molecule has 1 aliphatic heterocycles. The molecule has 2 nitrogen and oxygen atoms in total. The lowest BCUT2D eigenvalue weighted by Crippen LogP contribution is -2.43. The summed E-state index contributed by atoms with van der Waals surface area (Å²) in [7, 11) is 0. The van der Waals surface area contributed by atoms with Crippen LogP contribution in [-0.2, 0) is 0 Å². The van der Waals surface area contributed by atoms with Crippen LogP contribution in [0.5, 0.6) is 0 Å². The summed E-state index contributed by atoms with van der Waals surface area (Å²) in [5.74, 6) is 1.65. The van der Waals surface area contributed by atoms with Crippen LogP contribution < -0.4 is 5.32 Å². The van der Waals surface area contributed by atoms with E-state index in [0.29, 0.717) is 16.9 Å². The Bertz CT molecular complexity index is 281. The van der Waals surface area contributed by atoms with Crippen molar-refractivity contribution in [3.05, 3.63) is 0 Å². The maximum absolute atomic E-state index is 3.63. The van der Waals surface area contributed by atoms with Crippen LogP contribution in [0.1, 0.15) is 48.0 Å². The quantitative estimate of drug-likeness (QED) is 0.813. The van der Waals surface area contributed by atoms with Gasteiger partial charge in [-0.1, -0.05) is 34.6 Å². The second-order valence-corrected chi connectivity index (χ2v) is 7.96. The van der Waals surface area contributed by atoms with Gasteiger partial charge >= 0.3 is 0 Å². The first-order valence-electron chi connectivity index (χ1n) is 7.71. The summed E-state index contributed by atoms with van der Waals surface area (Å²) in [5, 5.41) is 3.63. The molecule has 1 saturated carbocycles. The van der Waals surface area contributed by atoms with Gasteiger partial charge in [-0.15, -0.1) is 0 Å². The van der Waals surface area contributed by atoms with Crippen molar-refractivity contribution in [1.29, 1.82) is 0 Å². The molecule has 0 amide bonds. The number of nitrogens with zero attached hydrogens (tertiary/aromatic N) is 1. The first-order valence-corrected chi connectivity index (χ1v) is 7.71.